The summed E-state index contributed by atoms with van der Waals surface area (Å²) in [6, 6.07) is 13.6. The van der Waals surface area contributed by atoms with Crippen LogP contribution in [0.1, 0.15) is 31.7 Å². The van der Waals surface area contributed by atoms with Gasteiger partial charge >= 0.3 is 11.8 Å². The third-order valence-electron chi connectivity index (χ3n) is 8.95. The van der Waals surface area contributed by atoms with Crippen molar-refractivity contribution in [3.05, 3.63) is 52.9 Å². The topological polar surface area (TPSA) is 120 Å². The molecular weight excluding hydrogens is 524 g/mol. The molecular formula is C30H36N6O5. The molecule has 0 saturated carbocycles. The molecule has 41 heavy (non-hydrogen) atoms. The lowest BCUT2D eigenvalue weighted by Crippen LogP contribution is -2.49. The number of nitrogens with zero attached hydrogens (tertiary/aromatic N) is 5. The highest BCUT2D eigenvalue weighted by Crippen LogP contribution is 2.29. The maximum atomic E-state index is 13.1. The number of aryl methyl sites for hydroxylation is 1. The fourth-order valence-corrected chi connectivity index (χ4v) is 6.50. The molecule has 3 amide bonds. The Morgan fingerprint density at radius 1 is 0.878 bits per heavy atom. The van der Waals surface area contributed by atoms with Crippen LogP contribution in [0.5, 0.6) is 0 Å². The van der Waals surface area contributed by atoms with Crippen molar-refractivity contribution in [1.29, 1.82) is 0 Å². The molecule has 1 unspecified atom stereocenters. The van der Waals surface area contributed by atoms with Crippen molar-refractivity contribution in [2.24, 2.45) is 13.0 Å². The summed E-state index contributed by atoms with van der Waals surface area (Å²) in [6.45, 7) is 6.22. The van der Waals surface area contributed by atoms with Gasteiger partial charge in [0.15, 0.2) is 0 Å². The molecule has 3 saturated heterocycles. The normalized spacial score (nSPS) is 21.0. The molecule has 216 valence electrons. The molecule has 1 aromatic heterocycles. The van der Waals surface area contributed by atoms with Gasteiger partial charge in [0.05, 0.1) is 11.0 Å². The monoisotopic (exact) mass is 560 g/mol. The Kier molecular flexibility index (Phi) is 7.29. The minimum absolute atomic E-state index is 0.215. The van der Waals surface area contributed by atoms with Crippen molar-refractivity contribution in [3.8, 4) is 11.1 Å². The highest BCUT2D eigenvalue weighted by atomic mass is 16.4. The summed E-state index contributed by atoms with van der Waals surface area (Å²) < 4.78 is 3.06. The number of piperazine rings is 1. The molecule has 3 fully saturated rings. The van der Waals surface area contributed by atoms with Crippen LogP contribution < -0.4 is 15.9 Å². The lowest BCUT2D eigenvalue weighted by Gasteiger charge is -2.39. The zero-order valence-electron chi connectivity index (χ0n) is 23.3. The van der Waals surface area contributed by atoms with Crippen LogP contribution in [-0.2, 0) is 16.6 Å². The number of likely N-dealkylation sites (tertiary alicyclic amines) is 1. The van der Waals surface area contributed by atoms with E-state index in [9.17, 15) is 19.2 Å². The Balaban J connectivity index is 1.10. The second-order valence-corrected chi connectivity index (χ2v) is 11.4. The van der Waals surface area contributed by atoms with Crippen molar-refractivity contribution in [2.45, 2.75) is 31.7 Å². The molecule has 0 aliphatic carbocycles. The van der Waals surface area contributed by atoms with Gasteiger partial charge in [0.1, 0.15) is 6.04 Å². The number of amides is 3. The molecule has 0 radical (unpaired) electrons. The number of benzene rings is 2. The summed E-state index contributed by atoms with van der Waals surface area (Å²) in [7, 11) is 1.71. The molecule has 0 bridgehead atoms. The lowest BCUT2D eigenvalue weighted by molar-refractivity contribution is -0.135. The molecule has 1 atom stereocenters. The van der Waals surface area contributed by atoms with Gasteiger partial charge in [0, 0.05) is 65.0 Å². The molecule has 0 spiro atoms. The number of carboxylic acid groups (broad SMARTS) is 1. The fourth-order valence-electron chi connectivity index (χ4n) is 6.50. The Morgan fingerprint density at radius 2 is 1.56 bits per heavy atom. The van der Waals surface area contributed by atoms with Gasteiger partial charge in [0.25, 0.3) is 0 Å². The van der Waals surface area contributed by atoms with Gasteiger partial charge < -0.3 is 14.9 Å². The SMILES string of the molecule is Cn1c(=O)n(C2CCC(=O)NC2=O)c2ccc(-c3ccc(N4CCN(CC5CCN(C(=O)O)CC5)CC4)cc3)cc21. The molecule has 2 N–H and O–H groups in total. The number of anilines is 1. The maximum absolute atomic E-state index is 13.1. The number of carbonyl (C=O) groups excluding carboxylic acids is 2. The van der Waals surface area contributed by atoms with Crippen molar-refractivity contribution in [3.63, 3.8) is 0 Å². The smallest absolute Gasteiger partial charge is 0.407 e. The predicted molar refractivity (Wildman–Crippen MR) is 155 cm³/mol. The third-order valence-corrected chi connectivity index (χ3v) is 8.95. The van der Waals surface area contributed by atoms with Gasteiger partial charge in [-0.25, -0.2) is 9.59 Å². The summed E-state index contributed by atoms with van der Waals surface area (Å²) in [5.74, 6) is -0.172. The van der Waals surface area contributed by atoms with E-state index in [2.05, 4.69) is 39.4 Å². The van der Waals surface area contributed by atoms with Gasteiger partial charge in [-0.15, -0.1) is 0 Å². The van der Waals surface area contributed by atoms with Crippen LogP contribution in [0.3, 0.4) is 0 Å². The van der Waals surface area contributed by atoms with E-state index in [0.717, 1.165) is 62.2 Å². The van der Waals surface area contributed by atoms with E-state index >= 15 is 0 Å². The van der Waals surface area contributed by atoms with Crippen LogP contribution >= 0.6 is 0 Å². The Bertz CT molecular complexity index is 1530. The molecule has 6 rings (SSSR count). The van der Waals surface area contributed by atoms with Crippen LogP contribution in [0, 0.1) is 5.92 Å². The van der Waals surface area contributed by atoms with Crippen molar-refractivity contribution in [2.75, 3.05) is 50.7 Å². The lowest BCUT2D eigenvalue weighted by atomic mass is 9.96. The molecule has 3 aliphatic heterocycles. The van der Waals surface area contributed by atoms with E-state index in [1.807, 2.05) is 18.2 Å². The summed E-state index contributed by atoms with van der Waals surface area (Å²) in [6.07, 6.45) is 1.60. The number of nitrogens with one attached hydrogen (secondary N) is 1. The zero-order valence-corrected chi connectivity index (χ0v) is 23.3. The van der Waals surface area contributed by atoms with Crippen LogP contribution in [0.15, 0.2) is 47.3 Å². The van der Waals surface area contributed by atoms with E-state index < -0.39 is 18.0 Å². The number of piperidine rings is 2. The van der Waals surface area contributed by atoms with Crippen LogP contribution in [0.2, 0.25) is 0 Å². The standard InChI is InChI=1S/C30H36N6O5/c1-32-26-18-22(4-7-24(26)36(29(32)39)25-8-9-27(37)31-28(25)38)21-2-5-23(6-3-21)34-16-14-33(15-17-34)19-20-10-12-35(13-11-20)30(40)41/h2-7,18,20,25H,8-17,19H2,1H3,(H,40,41)(H,31,37,38). The Hall–Kier alpha value is -4.12. The van der Waals surface area contributed by atoms with E-state index in [-0.39, 0.29) is 18.0 Å². The first kappa shape index (κ1) is 27.1. The van der Waals surface area contributed by atoms with E-state index in [1.54, 1.807) is 11.6 Å². The van der Waals surface area contributed by atoms with Crippen LogP contribution in [0.25, 0.3) is 22.2 Å². The molecule has 3 aliphatic rings. The summed E-state index contributed by atoms with van der Waals surface area (Å²) in [5.41, 5.74) is 4.36. The highest BCUT2D eigenvalue weighted by Gasteiger charge is 2.31. The maximum Gasteiger partial charge on any atom is 0.407 e. The first-order valence-electron chi connectivity index (χ1n) is 14.4. The predicted octanol–water partition coefficient (Wildman–Crippen LogP) is 2.50. The quantitative estimate of drug-likeness (QED) is 0.460. The summed E-state index contributed by atoms with van der Waals surface area (Å²) >= 11 is 0. The molecule has 11 heteroatoms. The zero-order chi connectivity index (χ0) is 28.7. The van der Waals surface area contributed by atoms with Crippen molar-refractivity contribution < 1.29 is 19.5 Å². The van der Waals surface area contributed by atoms with Gasteiger partial charge in [0.2, 0.25) is 11.8 Å². The fraction of sp³-hybridized carbons (Fsp3) is 0.467. The van der Waals surface area contributed by atoms with Crippen molar-refractivity contribution in [1.82, 2.24) is 24.3 Å². The minimum atomic E-state index is -0.807. The minimum Gasteiger partial charge on any atom is -0.465 e. The number of hydrogen-bond acceptors (Lipinski definition) is 6. The van der Waals surface area contributed by atoms with Crippen LogP contribution in [0.4, 0.5) is 10.5 Å². The van der Waals surface area contributed by atoms with E-state index in [0.29, 0.717) is 30.9 Å². The molecule has 11 nitrogen and oxygen atoms in total. The summed E-state index contributed by atoms with van der Waals surface area (Å²) in [5, 5.41) is 11.5. The number of imidazole rings is 1. The number of carbonyl (C=O) groups is 3. The van der Waals surface area contributed by atoms with Gasteiger partial charge in [-0.2, -0.15) is 0 Å². The summed E-state index contributed by atoms with van der Waals surface area (Å²) in [4.78, 5) is 54.7. The molecule has 4 heterocycles. The Morgan fingerprint density at radius 3 is 2.22 bits per heavy atom. The van der Waals surface area contributed by atoms with E-state index in [4.69, 9.17) is 5.11 Å². The second kappa shape index (κ2) is 11.0. The van der Waals surface area contributed by atoms with Gasteiger partial charge in [-0.3, -0.25) is 28.9 Å². The number of aromatic nitrogens is 2. The molecule has 2 aromatic carbocycles. The largest absolute Gasteiger partial charge is 0.465 e. The van der Waals surface area contributed by atoms with Gasteiger partial charge in [-0.05, 0) is 60.6 Å². The third kappa shape index (κ3) is 5.33. The number of rotatable bonds is 5. The Labute approximate surface area is 237 Å². The average Bonchev–Trinajstić information content (AvgIpc) is 3.23. The number of fused-ring (bicyclic) bond motifs is 1. The van der Waals surface area contributed by atoms with E-state index in [1.165, 1.54) is 15.2 Å². The molecule has 3 aromatic rings. The first-order valence-corrected chi connectivity index (χ1v) is 14.4. The van der Waals surface area contributed by atoms with Crippen molar-refractivity contribution >= 4 is 34.6 Å². The number of hydrogen-bond donors (Lipinski definition) is 2. The number of imide groups is 1. The average molecular weight is 561 g/mol. The first-order chi connectivity index (χ1) is 19.8. The van der Waals surface area contributed by atoms with Crippen LogP contribution in [-0.4, -0.2) is 87.8 Å². The second-order valence-electron chi connectivity index (χ2n) is 11.4. The highest BCUT2D eigenvalue weighted by molar-refractivity contribution is 6.00. The van der Waals surface area contributed by atoms with Gasteiger partial charge in [-0.1, -0.05) is 18.2 Å².